The molecule has 0 fully saturated rings. The summed E-state index contributed by atoms with van der Waals surface area (Å²) >= 11 is 1.31. The lowest BCUT2D eigenvalue weighted by atomic mass is 10.2. The van der Waals surface area contributed by atoms with E-state index in [4.69, 9.17) is 0 Å². The molecule has 0 aliphatic carbocycles. The summed E-state index contributed by atoms with van der Waals surface area (Å²) in [5.41, 5.74) is 1.47. The Morgan fingerprint density at radius 1 is 1.59 bits per heavy atom. The van der Waals surface area contributed by atoms with Crippen LogP contribution in [-0.4, -0.2) is 26.6 Å². The van der Waals surface area contributed by atoms with Crippen molar-refractivity contribution < 1.29 is 4.79 Å². The van der Waals surface area contributed by atoms with Gasteiger partial charge in [0.25, 0.3) is 5.91 Å². The van der Waals surface area contributed by atoms with Crippen LogP contribution < -0.4 is 5.32 Å². The van der Waals surface area contributed by atoms with Gasteiger partial charge >= 0.3 is 0 Å². The predicted molar refractivity (Wildman–Crippen MR) is 66.0 cm³/mol. The minimum Gasteiger partial charge on any atom is -0.352 e. The van der Waals surface area contributed by atoms with Crippen molar-refractivity contribution in [1.82, 2.24) is 19.5 Å². The zero-order chi connectivity index (χ0) is 12.1. The van der Waals surface area contributed by atoms with Gasteiger partial charge in [0, 0.05) is 30.9 Å². The lowest BCUT2D eigenvalue weighted by Gasteiger charge is -2.04. The van der Waals surface area contributed by atoms with Gasteiger partial charge in [0.2, 0.25) is 0 Å². The molecule has 5 nitrogen and oxygen atoms in total. The van der Waals surface area contributed by atoms with Crippen molar-refractivity contribution in [3.05, 3.63) is 35.1 Å². The van der Waals surface area contributed by atoms with E-state index < -0.39 is 0 Å². The molecule has 1 amide bonds. The fourth-order valence-corrected chi connectivity index (χ4v) is 2.17. The highest BCUT2D eigenvalue weighted by atomic mass is 32.1. The summed E-state index contributed by atoms with van der Waals surface area (Å²) in [6, 6.07) is 1.89. The van der Waals surface area contributed by atoms with Gasteiger partial charge in [-0.15, -0.1) is 0 Å². The molecule has 2 aromatic heterocycles. The number of nitrogens with one attached hydrogen (secondary N) is 1. The first-order valence-corrected chi connectivity index (χ1v) is 6.27. The van der Waals surface area contributed by atoms with Crippen LogP contribution in [0.2, 0.25) is 0 Å². The number of hydrogen-bond acceptors (Lipinski definition) is 4. The zero-order valence-electron chi connectivity index (χ0n) is 9.59. The standard InChI is InChI=1S/C11H14N4OS/c1-9-10(8-17-14-9)11(16)12-4-2-6-15-7-3-5-13-15/h3,5,7-8H,2,4,6H2,1H3,(H,12,16). The molecule has 2 aromatic rings. The Balaban J connectivity index is 1.72. The molecule has 0 spiro atoms. The normalized spacial score (nSPS) is 10.4. The molecule has 0 aliphatic rings. The van der Waals surface area contributed by atoms with E-state index in [0.29, 0.717) is 12.1 Å². The van der Waals surface area contributed by atoms with Gasteiger partial charge in [-0.2, -0.15) is 9.47 Å². The van der Waals surface area contributed by atoms with Crippen molar-refractivity contribution in [2.75, 3.05) is 6.54 Å². The van der Waals surface area contributed by atoms with Crippen LogP contribution in [0.3, 0.4) is 0 Å². The SMILES string of the molecule is Cc1nscc1C(=O)NCCCn1cccn1. The van der Waals surface area contributed by atoms with Crippen LogP contribution in [-0.2, 0) is 6.54 Å². The maximum Gasteiger partial charge on any atom is 0.254 e. The van der Waals surface area contributed by atoms with E-state index in [1.54, 1.807) is 11.6 Å². The lowest BCUT2D eigenvalue weighted by Crippen LogP contribution is -2.25. The quantitative estimate of drug-likeness (QED) is 0.817. The van der Waals surface area contributed by atoms with E-state index in [-0.39, 0.29) is 5.91 Å². The van der Waals surface area contributed by atoms with E-state index in [1.165, 1.54) is 11.5 Å². The minimum absolute atomic E-state index is 0.0447. The molecule has 0 saturated carbocycles. The highest BCUT2D eigenvalue weighted by Crippen LogP contribution is 2.08. The van der Waals surface area contributed by atoms with Crippen LogP contribution in [0.5, 0.6) is 0 Å². The molecular formula is C11H14N4OS. The molecular weight excluding hydrogens is 236 g/mol. The van der Waals surface area contributed by atoms with Gasteiger partial charge < -0.3 is 5.32 Å². The average molecular weight is 250 g/mol. The summed E-state index contributed by atoms with van der Waals surface area (Å²) in [5, 5.41) is 8.74. The topological polar surface area (TPSA) is 59.8 Å². The van der Waals surface area contributed by atoms with Gasteiger partial charge in [-0.25, -0.2) is 0 Å². The molecule has 2 rings (SSSR count). The Hall–Kier alpha value is -1.69. The molecule has 1 N–H and O–H groups in total. The Labute approximate surface area is 104 Å². The number of rotatable bonds is 5. The van der Waals surface area contributed by atoms with E-state index in [1.807, 2.05) is 23.9 Å². The summed E-state index contributed by atoms with van der Waals surface area (Å²) in [6.45, 7) is 3.30. The summed E-state index contributed by atoms with van der Waals surface area (Å²) in [4.78, 5) is 11.7. The molecule has 0 unspecified atom stereocenters. The Morgan fingerprint density at radius 3 is 3.12 bits per heavy atom. The number of aromatic nitrogens is 3. The third-order valence-corrected chi connectivity index (χ3v) is 3.12. The Bertz CT molecular complexity index is 477. The van der Waals surface area contributed by atoms with E-state index in [0.717, 1.165) is 18.7 Å². The van der Waals surface area contributed by atoms with Gasteiger partial charge in [0.1, 0.15) is 0 Å². The maximum absolute atomic E-state index is 11.7. The summed E-state index contributed by atoms with van der Waals surface area (Å²) in [6.07, 6.45) is 4.53. The predicted octanol–water partition coefficient (Wildman–Crippen LogP) is 1.47. The van der Waals surface area contributed by atoms with Crippen LogP contribution in [0, 0.1) is 6.92 Å². The summed E-state index contributed by atoms with van der Waals surface area (Å²) in [7, 11) is 0. The number of hydrogen-bond donors (Lipinski definition) is 1. The minimum atomic E-state index is -0.0447. The van der Waals surface area contributed by atoms with Crippen molar-refractivity contribution in [3.8, 4) is 0 Å². The van der Waals surface area contributed by atoms with Gasteiger partial charge in [-0.3, -0.25) is 9.48 Å². The molecule has 90 valence electrons. The van der Waals surface area contributed by atoms with E-state index in [2.05, 4.69) is 14.8 Å². The highest BCUT2D eigenvalue weighted by molar-refractivity contribution is 7.03. The van der Waals surface area contributed by atoms with Crippen molar-refractivity contribution in [3.63, 3.8) is 0 Å². The third-order valence-electron chi connectivity index (χ3n) is 2.40. The zero-order valence-corrected chi connectivity index (χ0v) is 10.4. The van der Waals surface area contributed by atoms with Crippen LogP contribution in [0.15, 0.2) is 23.8 Å². The number of nitrogens with zero attached hydrogens (tertiary/aromatic N) is 3. The van der Waals surface area contributed by atoms with Crippen LogP contribution in [0.4, 0.5) is 0 Å². The smallest absolute Gasteiger partial charge is 0.254 e. The second kappa shape index (κ2) is 5.58. The molecule has 0 aromatic carbocycles. The van der Waals surface area contributed by atoms with Gasteiger partial charge in [-0.1, -0.05) is 0 Å². The number of carbonyl (C=O) groups excluding carboxylic acids is 1. The molecule has 0 radical (unpaired) electrons. The number of aryl methyl sites for hydroxylation is 2. The molecule has 2 heterocycles. The fourth-order valence-electron chi connectivity index (χ4n) is 1.48. The van der Waals surface area contributed by atoms with Gasteiger partial charge in [0.15, 0.2) is 0 Å². The second-order valence-corrected chi connectivity index (χ2v) is 4.32. The first-order chi connectivity index (χ1) is 8.27. The van der Waals surface area contributed by atoms with Gasteiger partial charge in [-0.05, 0) is 30.9 Å². The number of carbonyl (C=O) groups is 1. The van der Waals surface area contributed by atoms with Crippen LogP contribution in [0.25, 0.3) is 0 Å². The van der Waals surface area contributed by atoms with Crippen molar-refractivity contribution in [1.29, 1.82) is 0 Å². The first-order valence-electron chi connectivity index (χ1n) is 5.44. The largest absolute Gasteiger partial charge is 0.352 e. The average Bonchev–Trinajstić information content (AvgIpc) is 2.95. The summed E-state index contributed by atoms with van der Waals surface area (Å²) in [5.74, 6) is -0.0447. The number of amides is 1. The molecule has 0 atom stereocenters. The molecule has 0 bridgehead atoms. The van der Waals surface area contributed by atoms with E-state index >= 15 is 0 Å². The van der Waals surface area contributed by atoms with Crippen LogP contribution in [0.1, 0.15) is 22.5 Å². The third kappa shape index (κ3) is 3.13. The van der Waals surface area contributed by atoms with Crippen molar-refractivity contribution in [2.45, 2.75) is 19.9 Å². The Kier molecular flexibility index (Phi) is 3.87. The van der Waals surface area contributed by atoms with Gasteiger partial charge in [0.05, 0.1) is 11.3 Å². The second-order valence-electron chi connectivity index (χ2n) is 3.69. The lowest BCUT2D eigenvalue weighted by molar-refractivity contribution is 0.0952. The Morgan fingerprint density at radius 2 is 2.47 bits per heavy atom. The first kappa shape index (κ1) is 11.8. The van der Waals surface area contributed by atoms with Crippen molar-refractivity contribution >= 4 is 17.4 Å². The van der Waals surface area contributed by atoms with E-state index in [9.17, 15) is 4.79 Å². The monoisotopic (exact) mass is 250 g/mol. The van der Waals surface area contributed by atoms with Crippen molar-refractivity contribution in [2.24, 2.45) is 0 Å². The fraction of sp³-hybridized carbons (Fsp3) is 0.364. The van der Waals surface area contributed by atoms with Crippen LogP contribution >= 0.6 is 11.5 Å². The molecule has 17 heavy (non-hydrogen) atoms. The molecule has 0 aliphatic heterocycles. The molecule has 0 saturated heterocycles. The highest BCUT2D eigenvalue weighted by Gasteiger charge is 2.09. The summed E-state index contributed by atoms with van der Waals surface area (Å²) < 4.78 is 5.92. The molecule has 6 heteroatoms. The maximum atomic E-state index is 11.7.